The summed E-state index contributed by atoms with van der Waals surface area (Å²) in [6.45, 7) is 0.989. The molecule has 0 aliphatic heterocycles. The van der Waals surface area contributed by atoms with Gasteiger partial charge in [0.15, 0.2) is 5.96 Å². The average Bonchev–Trinajstić information content (AvgIpc) is 2.65. The first kappa shape index (κ1) is 26.6. The van der Waals surface area contributed by atoms with Gasteiger partial charge in [-0.1, -0.05) is 0 Å². The molecule has 12 N–H and O–H groups in total. The molecule has 0 aliphatic rings. The summed E-state index contributed by atoms with van der Waals surface area (Å²) in [7, 11) is 0. The van der Waals surface area contributed by atoms with Gasteiger partial charge in [-0.05, 0) is 26.2 Å². The van der Waals surface area contributed by atoms with Gasteiger partial charge in [0.05, 0.1) is 12.6 Å². The largest absolute Gasteiger partial charge is 0.480 e. The summed E-state index contributed by atoms with van der Waals surface area (Å²) in [5, 5.41) is 15.9. The smallest absolute Gasteiger partial charge is 0.325 e. The SMILES string of the molecule is CC(NC(=O)C(CCCN=C(N)N)NC(=O)CNC(=O)C(N)CCC(N)=O)C(=O)O. The zero-order chi connectivity index (χ0) is 23.3. The van der Waals surface area contributed by atoms with Crippen molar-refractivity contribution in [3.05, 3.63) is 0 Å². The number of hydrogen-bond donors (Lipinski definition) is 8. The molecule has 0 rings (SSSR count). The lowest BCUT2D eigenvalue weighted by Gasteiger charge is -2.20. The second-order valence-electron chi connectivity index (χ2n) is 6.47. The fourth-order valence-electron chi connectivity index (χ4n) is 2.12. The second-order valence-corrected chi connectivity index (χ2v) is 6.47. The van der Waals surface area contributed by atoms with Crippen LogP contribution in [-0.4, -0.2) is 71.9 Å². The number of carbonyl (C=O) groups excluding carboxylic acids is 4. The molecule has 3 unspecified atom stereocenters. The summed E-state index contributed by atoms with van der Waals surface area (Å²) in [6.07, 6.45) is 0.376. The zero-order valence-electron chi connectivity index (χ0n) is 16.7. The highest BCUT2D eigenvalue weighted by atomic mass is 16.4. The number of rotatable bonds is 14. The van der Waals surface area contributed by atoms with Crippen LogP contribution in [0.15, 0.2) is 4.99 Å². The van der Waals surface area contributed by atoms with Gasteiger partial charge in [-0.15, -0.1) is 0 Å². The zero-order valence-corrected chi connectivity index (χ0v) is 16.7. The number of nitrogens with zero attached hydrogens (tertiary/aromatic N) is 1. The quantitative estimate of drug-likeness (QED) is 0.0753. The van der Waals surface area contributed by atoms with E-state index in [1.807, 2.05) is 0 Å². The predicted molar refractivity (Wildman–Crippen MR) is 106 cm³/mol. The number of primary amides is 1. The van der Waals surface area contributed by atoms with E-state index in [2.05, 4.69) is 20.9 Å². The van der Waals surface area contributed by atoms with Crippen LogP contribution in [0.1, 0.15) is 32.6 Å². The van der Waals surface area contributed by atoms with E-state index < -0.39 is 54.3 Å². The number of aliphatic imine (C=N–C) groups is 1. The maximum atomic E-state index is 12.3. The highest BCUT2D eigenvalue weighted by molar-refractivity contribution is 5.92. The van der Waals surface area contributed by atoms with Gasteiger partial charge in [0.1, 0.15) is 12.1 Å². The van der Waals surface area contributed by atoms with Crippen molar-refractivity contribution >= 4 is 35.6 Å². The normalized spacial score (nSPS) is 13.3. The number of aliphatic carboxylic acids is 1. The van der Waals surface area contributed by atoms with Crippen LogP contribution >= 0.6 is 0 Å². The van der Waals surface area contributed by atoms with Crippen molar-refractivity contribution in [1.82, 2.24) is 16.0 Å². The number of carboxylic acid groups (broad SMARTS) is 1. The first-order chi connectivity index (χ1) is 13.9. The molecule has 14 heteroatoms. The molecule has 0 aromatic carbocycles. The van der Waals surface area contributed by atoms with Gasteiger partial charge in [0.25, 0.3) is 0 Å². The number of guanidine groups is 1. The minimum absolute atomic E-state index is 0.0195. The Hall–Kier alpha value is -3.42. The summed E-state index contributed by atoms with van der Waals surface area (Å²) in [5.41, 5.74) is 21.0. The van der Waals surface area contributed by atoms with Crippen molar-refractivity contribution in [3.63, 3.8) is 0 Å². The van der Waals surface area contributed by atoms with Gasteiger partial charge in [-0.3, -0.25) is 29.0 Å². The Kier molecular flexibility index (Phi) is 12.1. The number of hydrogen-bond acceptors (Lipinski definition) is 7. The minimum atomic E-state index is -1.24. The molecule has 0 radical (unpaired) electrons. The topological polar surface area (TPSA) is 258 Å². The summed E-state index contributed by atoms with van der Waals surface area (Å²) < 4.78 is 0. The maximum absolute atomic E-state index is 12.3. The van der Waals surface area contributed by atoms with Crippen LogP contribution in [0.2, 0.25) is 0 Å². The van der Waals surface area contributed by atoms with Crippen LogP contribution < -0.4 is 38.9 Å². The Balaban J connectivity index is 4.77. The molecular formula is C16H30N8O6. The predicted octanol–water partition coefficient (Wildman–Crippen LogP) is -4.18. The van der Waals surface area contributed by atoms with Gasteiger partial charge in [0, 0.05) is 13.0 Å². The fourth-order valence-corrected chi connectivity index (χ4v) is 2.12. The van der Waals surface area contributed by atoms with Gasteiger partial charge < -0.3 is 44.0 Å². The van der Waals surface area contributed by atoms with Gasteiger partial charge in [0.2, 0.25) is 23.6 Å². The first-order valence-corrected chi connectivity index (χ1v) is 9.13. The minimum Gasteiger partial charge on any atom is -0.480 e. The Labute approximate surface area is 173 Å². The highest BCUT2D eigenvalue weighted by Gasteiger charge is 2.24. The number of nitrogens with two attached hydrogens (primary N) is 4. The summed E-state index contributed by atoms with van der Waals surface area (Å²) in [4.78, 5) is 61.6. The van der Waals surface area contributed by atoms with Crippen LogP contribution in [0.5, 0.6) is 0 Å². The van der Waals surface area contributed by atoms with E-state index in [9.17, 15) is 24.0 Å². The van der Waals surface area contributed by atoms with Crippen molar-refractivity contribution in [2.45, 2.75) is 50.7 Å². The summed E-state index contributed by atoms with van der Waals surface area (Å²) >= 11 is 0. The number of amides is 4. The third kappa shape index (κ3) is 12.1. The molecule has 0 spiro atoms. The molecule has 170 valence electrons. The number of carboxylic acids is 1. The van der Waals surface area contributed by atoms with Crippen molar-refractivity contribution in [3.8, 4) is 0 Å². The summed E-state index contributed by atoms with van der Waals surface area (Å²) in [6, 6.07) is -3.27. The number of nitrogens with one attached hydrogen (secondary N) is 3. The Morgan fingerprint density at radius 1 is 1.00 bits per heavy atom. The molecule has 0 aromatic heterocycles. The molecule has 30 heavy (non-hydrogen) atoms. The second kappa shape index (κ2) is 13.7. The fraction of sp³-hybridized carbons (Fsp3) is 0.625. The maximum Gasteiger partial charge on any atom is 0.325 e. The Bertz CT molecular complexity index is 664. The van der Waals surface area contributed by atoms with Crippen LogP contribution in [-0.2, 0) is 24.0 Å². The Morgan fingerprint density at radius 3 is 2.17 bits per heavy atom. The molecule has 3 atom stereocenters. The van der Waals surface area contributed by atoms with Crippen LogP contribution in [0.4, 0.5) is 0 Å². The third-order valence-corrected chi connectivity index (χ3v) is 3.79. The summed E-state index contributed by atoms with van der Waals surface area (Å²) in [5.74, 6) is -4.07. The third-order valence-electron chi connectivity index (χ3n) is 3.79. The lowest BCUT2D eigenvalue weighted by molar-refractivity contribution is -0.141. The molecule has 0 aromatic rings. The van der Waals surface area contributed by atoms with E-state index in [-0.39, 0.29) is 31.8 Å². The molecule has 0 saturated heterocycles. The van der Waals surface area contributed by atoms with E-state index in [4.69, 9.17) is 28.0 Å². The monoisotopic (exact) mass is 430 g/mol. The van der Waals surface area contributed by atoms with Gasteiger partial charge in [-0.2, -0.15) is 0 Å². The lowest BCUT2D eigenvalue weighted by Crippen LogP contribution is -2.53. The van der Waals surface area contributed by atoms with E-state index >= 15 is 0 Å². The van der Waals surface area contributed by atoms with Gasteiger partial charge in [-0.25, -0.2) is 0 Å². The van der Waals surface area contributed by atoms with E-state index in [1.54, 1.807) is 0 Å². The van der Waals surface area contributed by atoms with Gasteiger partial charge >= 0.3 is 5.97 Å². The molecule has 0 aliphatic carbocycles. The van der Waals surface area contributed by atoms with E-state index in [1.165, 1.54) is 6.92 Å². The van der Waals surface area contributed by atoms with Crippen molar-refractivity contribution < 1.29 is 29.1 Å². The highest BCUT2D eigenvalue weighted by Crippen LogP contribution is 2.00. The molecule has 0 bridgehead atoms. The molecule has 0 saturated carbocycles. The standard InChI is InChI=1S/C16H30N8O6/c1-8(15(29)30)23-14(28)10(3-2-6-21-16(19)20)24-12(26)7-22-13(27)9(17)4-5-11(18)25/h8-10H,2-7,17H2,1H3,(H2,18,25)(H,22,27)(H,23,28)(H,24,26)(H,29,30)(H4,19,20,21). The van der Waals surface area contributed by atoms with Crippen molar-refractivity contribution in [1.29, 1.82) is 0 Å². The molecule has 14 nitrogen and oxygen atoms in total. The first-order valence-electron chi connectivity index (χ1n) is 9.13. The van der Waals surface area contributed by atoms with Crippen LogP contribution in [0, 0.1) is 0 Å². The van der Waals surface area contributed by atoms with Crippen molar-refractivity contribution in [2.24, 2.45) is 27.9 Å². The van der Waals surface area contributed by atoms with E-state index in [0.29, 0.717) is 6.42 Å². The van der Waals surface area contributed by atoms with Crippen LogP contribution in [0.3, 0.4) is 0 Å². The molecule has 0 heterocycles. The average molecular weight is 430 g/mol. The van der Waals surface area contributed by atoms with Crippen molar-refractivity contribution in [2.75, 3.05) is 13.1 Å². The number of carbonyl (C=O) groups is 5. The lowest BCUT2D eigenvalue weighted by atomic mass is 10.1. The Morgan fingerprint density at radius 2 is 1.63 bits per heavy atom. The van der Waals surface area contributed by atoms with Crippen LogP contribution in [0.25, 0.3) is 0 Å². The molecule has 0 fully saturated rings. The molecule has 4 amide bonds. The molecular weight excluding hydrogens is 400 g/mol. The van der Waals surface area contributed by atoms with E-state index in [0.717, 1.165) is 0 Å².